The molecule has 3 aromatic carbocycles. The van der Waals surface area contributed by atoms with E-state index < -0.39 is 63.6 Å². The van der Waals surface area contributed by atoms with Gasteiger partial charge in [-0.3, -0.25) is 0 Å². The van der Waals surface area contributed by atoms with Gasteiger partial charge in [-0.05, 0) is 12.1 Å². The monoisotopic (exact) mass is 432 g/mol. The molecular weight excluding hydrogens is 421 g/mol. The zero-order valence-electron chi connectivity index (χ0n) is 14.7. The van der Waals surface area contributed by atoms with Gasteiger partial charge in [-0.15, -0.1) is 0 Å². The van der Waals surface area contributed by atoms with E-state index in [9.17, 15) is 30.7 Å². The molecule has 0 saturated heterocycles. The zero-order chi connectivity index (χ0) is 22.2. The van der Waals surface area contributed by atoms with Crippen molar-refractivity contribution in [3.8, 4) is 23.0 Å². The zero-order valence-corrected chi connectivity index (χ0v) is 14.7. The van der Waals surface area contributed by atoms with Crippen LogP contribution in [0.15, 0.2) is 42.5 Å². The van der Waals surface area contributed by atoms with Crippen molar-refractivity contribution in [1.29, 1.82) is 0 Å². The van der Waals surface area contributed by atoms with E-state index in [-0.39, 0.29) is 5.75 Å². The molecule has 158 valence electrons. The highest BCUT2D eigenvalue weighted by Gasteiger charge is 2.35. The van der Waals surface area contributed by atoms with Gasteiger partial charge in [-0.25, -0.2) is 17.6 Å². The lowest BCUT2D eigenvalue weighted by Gasteiger charge is -2.16. The molecule has 4 nitrogen and oxygen atoms in total. The molecule has 0 spiro atoms. The van der Waals surface area contributed by atoms with Crippen molar-refractivity contribution in [2.75, 3.05) is 11.5 Å². The predicted molar refractivity (Wildman–Crippen MR) is 93.1 cm³/mol. The van der Waals surface area contributed by atoms with E-state index in [4.69, 9.17) is 20.9 Å². The van der Waals surface area contributed by atoms with Crippen LogP contribution < -0.4 is 20.9 Å². The number of nitrogen functional groups attached to an aromatic ring is 2. The Hall–Kier alpha value is -3.63. The summed E-state index contributed by atoms with van der Waals surface area (Å²) in [4.78, 5) is 0. The Morgan fingerprint density at radius 1 is 0.600 bits per heavy atom. The van der Waals surface area contributed by atoms with Crippen molar-refractivity contribution in [3.05, 3.63) is 71.3 Å². The molecule has 0 radical (unpaired) electrons. The van der Waals surface area contributed by atoms with Crippen molar-refractivity contribution in [1.82, 2.24) is 0 Å². The molecule has 30 heavy (non-hydrogen) atoms. The van der Waals surface area contributed by atoms with E-state index in [1.165, 1.54) is 0 Å². The second-order valence-electron chi connectivity index (χ2n) is 5.97. The molecule has 3 aromatic rings. The number of ether oxygens (including phenoxy) is 2. The maximum absolute atomic E-state index is 13.9. The molecule has 0 fully saturated rings. The summed E-state index contributed by atoms with van der Waals surface area (Å²) in [7, 11) is 0. The molecule has 0 unspecified atom stereocenters. The van der Waals surface area contributed by atoms with Crippen molar-refractivity contribution >= 4 is 11.4 Å². The summed E-state index contributed by atoms with van der Waals surface area (Å²) in [5.41, 5.74) is 8.27. The van der Waals surface area contributed by atoms with Gasteiger partial charge < -0.3 is 20.9 Å². The number of benzene rings is 3. The fraction of sp³-hybridized carbons (Fsp3) is 0.0526. The molecule has 3 rings (SSSR count). The first-order valence-electron chi connectivity index (χ1n) is 8.01. The third-order valence-corrected chi connectivity index (χ3v) is 3.81. The normalized spacial score (nSPS) is 11.4. The molecule has 0 amide bonds. The lowest BCUT2D eigenvalue weighted by molar-refractivity contribution is -0.138. The van der Waals surface area contributed by atoms with Gasteiger partial charge in [0.05, 0.1) is 16.9 Å². The second-order valence-corrected chi connectivity index (χ2v) is 5.97. The number of alkyl halides is 3. The van der Waals surface area contributed by atoms with Crippen molar-refractivity contribution in [3.63, 3.8) is 0 Å². The first kappa shape index (κ1) is 21.1. The van der Waals surface area contributed by atoms with Crippen LogP contribution >= 0.6 is 0 Å². The van der Waals surface area contributed by atoms with E-state index in [0.29, 0.717) is 30.3 Å². The minimum Gasteiger partial charge on any atom is -0.454 e. The Kier molecular flexibility index (Phi) is 5.38. The number of nitrogens with two attached hydrogens (primary N) is 2. The SMILES string of the molecule is Nc1cc(Oc2ccc(C(F)(F)F)c(Oc3cc(N)c(F)cc3F)c2)c(F)cc1F. The van der Waals surface area contributed by atoms with E-state index in [0.717, 1.165) is 12.1 Å². The Bertz CT molecular complexity index is 1120. The highest BCUT2D eigenvalue weighted by molar-refractivity contribution is 5.51. The van der Waals surface area contributed by atoms with Gasteiger partial charge in [0.15, 0.2) is 23.1 Å². The maximum Gasteiger partial charge on any atom is 0.419 e. The summed E-state index contributed by atoms with van der Waals surface area (Å²) in [5.74, 6) is -7.30. The topological polar surface area (TPSA) is 70.5 Å². The highest BCUT2D eigenvalue weighted by Crippen LogP contribution is 2.42. The van der Waals surface area contributed by atoms with Gasteiger partial charge in [0.1, 0.15) is 23.1 Å². The van der Waals surface area contributed by atoms with Crippen LogP contribution in [0.1, 0.15) is 5.56 Å². The van der Waals surface area contributed by atoms with Gasteiger partial charge in [0, 0.05) is 30.3 Å². The van der Waals surface area contributed by atoms with Crippen molar-refractivity contribution < 1.29 is 40.2 Å². The Labute approximate surface area is 164 Å². The predicted octanol–water partition coefficient (Wildman–Crippen LogP) is 6.01. The van der Waals surface area contributed by atoms with Crippen molar-refractivity contribution in [2.45, 2.75) is 6.18 Å². The molecule has 0 aromatic heterocycles. The van der Waals surface area contributed by atoms with Crippen LogP contribution in [0.4, 0.5) is 42.1 Å². The fourth-order valence-corrected chi connectivity index (χ4v) is 2.38. The first-order chi connectivity index (χ1) is 14.0. The first-order valence-corrected chi connectivity index (χ1v) is 8.01. The smallest absolute Gasteiger partial charge is 0.419 e. The molecule has 0 heterocycles. The quantitative estimate of drug-likeness (QED) is 0.391. The van der Waals surface area contributed by atoms with E-state index in [2.05, 4.69) is 0 Å². The molecular formula is C19H11F7N2O2. The largest absolute Gasteiger partial charge is 0.454 e. The van der Waals surface area contributed by atoms with Crippen LogP contribution in [0.5, 0.6) is 23.0 Å². The number of hydrogen-bond acceptors (Lipinski definition) is 4. The Balaban J connectivity index is 2.03. The standard InChI is InChI=1S/C19H11F7N2O2/c20-10-4-12(22)17(6-14(10)27)29-8-1-2-9(19(24,25)26)16(3-8)30-18-7-15(28)11(21)5-13(18)23/h1-7H,27-28H2. The third kappa shape index (κ3) is 4.34. The van der Waals surface area contributed by atoms with Gasteiger partial charge in [-0.1, -0.05) is 0 Å². The summed E-state index contributed by atoms with van der Waals surface area (Å²) < 4.78 is 104. The summed E-state index contributed by atoms with van der Waals surface area (Å²) in [6, 6.07) is 4.31. The van der Waals surface area contributed by atoms with E-state index in [1.807, 2.05) is 0 Å². The van der Waals surface area contributed by atoms with Crippen LogP contribution in [-0.4, -0.2) is 0 Å². The van der Waals surface area contributed by atoms with E-state index in [1.54, 1.807) is 0 Å². The van der Waals surface area contributed by atoms with Gasteiger partial charge in [0.2, 0.25) is 0 Å². The average Bonchev–Trinajstić information content (AvgIpc) is 2.63. The van der Waals surface area contributed by atoms with Crippen LogP contribution in [0, 0.1) is 23.3 Å². The highest BCUT2D eigenvalue weighted by atomic mass is 19.4. The van der Waals surface area contributed by atoms with Gasteiger partial charge >= 0.3 is 6.18 Å². The number of anilines is 2. The number of hydrogen-bond donors (Lipinski definition) is 2. The van der Waals surface area contributed by atoms with Gasteiger partial charge in [0.25, 0.3) is 0 Å². The summed E-state index contributed by atoms with van der Waals surface area (Å²) in [6.07, 6.45) is -4.92. The Morgan fingerprint density at radius 3 is 1.60 bits per heavy atom. The molecule has 0 aliphatic carbocycles. The number of rotatable bonds is 4. The molecule has 11 heteroatoms. The van der Waals surface area contributed by atoms with Crippen LogP contribution in [0.25, 0.3) is 0 Å². The van der Waals surface area contributed by atoms with Crippen LogP contribution in [-0.2, 0) is 6.18 Å². The average molecular weight is 432 g/mol. The molecule has 0 saturated carbocycles. The maximum atomic E-state index is 13.9. The summed E-state index contributed by atoms with van der Waals surface area (Å²) >= 11 is 0. The lowest BCUT2D eigenvalue weighted by Crippen LogP contribution is -2.08. The van der Waals surface area contributed by atoms with E-state index >= 15 is 0 Å². The minimum atomic E-state index is -4.92. The second kappa shape index (κ2) is 7.65. The molecule has 0 bridgehead atoms. The molecule has 0 aliphatic heterocycles. The molecule has 4 N–H and O–H groups in total. The van der Waals surface area contributed by atoms with Gasteiger partial charge in [-0.2, -0.15) is 13.2 Å². The Morgan fingerprint density at radius 2 is 1.10 bits per heavy atom. The number of halogens is 7. The third-order valence-electron chi connectivity index (χ3n) is 3.81. The van der Waals surface area contributed by atoms with Crippen LogP contribution in [0.3, 0.4) is 0 Å². The van der Waals surface area contributed by atoms with Crippen molar-refractivity contribution in [2.24, 2.45) is 0 Å². The summed E-state index contributed by atoms with van der Waals surface area (Å²) in [6.45, 7) is 0. The lowest BCUT2D eigenvalue weighted by atomic mass is 10.1. The minimum absolute atomic E-state index is 0.342. The van der Waals surface area contributed by atoms with Crippen LogP contribution in [0.2, 0.25) is 0 Å². The molecule has 0 aliphatic rings. The molecule has 0 atom stereocenters. The summed E-state index contributed by atoms with van der Waals surface area (Å²) in [5, 5.41) is 0. The fourth-order valence-electron chi connectivity index (χ4n) is 2.38.